The number of halogens is 1. The van der Waals surface area contributed by atoms with Crippen LogP contribution in [0, 0.1) is 0 Å². The molecule has 2 aromatic rings. The van der Waals surface area contributed by atoms with Crippen molar-refractivity contribution in [3.8, 4) is 0 Å². The summed E-state index contributed by atoms with van der Waals surface area (Å²) >= 11 is 5.93. The first-order valence-corrected chi connectivity index (χ1v) is 6.05. The van der Waals surface area contributed by atoms with Crippen LogP contribution >= 0.6 is 11.6 Å². The van der Waals surface area contributed by atoms with Crippen molar-refractivity contribution >= 4 is 22.6 Å². The second-order valence-corrected chi connectivity index (χ2v) is 5.04. The van der Waals surface area contributed by atoms with E-state index in [1.165, 1.54) is 6.33 Å². The molecule has 3 N–H and O–H groups in total. The molecule has 102 valence electrons. The molecular weight excluding hydrogens is 274 g/mol. The second-order valence-electron chi connectivity index (χ2n) is 4.40. The molecular formula is C11H12ClN3O4. The molecule has 0 unspecified atom stereocenters. The smallest absolute Gasteiger partial charge is 0.195 e. The first-order valence-electron chi connectivity index (χ1n) is 5.67. The Balaban J connectivity index is 2.03. The molecule has 3 rings (SSSR count). The van der Waals surface area contributed by atoms with Crippen LogP contribution in [-0.4, -0.2) is 53.7 Å². The van der Waals surface area contributed by atoms with Gasteiger partial charge in [0.15, 0.2) is 11.3 Å². The zero-order valence-electron chi connectivity index (χ0n) is 9.72. The Hall–Kier alpha value is -1.25. The highest BCUT2D eigenvalue weighted by Gasteiger charge is 2.54. The Kier molecular flexibility index (Phi) is 2.95. The van der Waals surface area contributed by atoms with Crippen LogP contribution in [0.3, 0.4) is 0 Å². The Labute approximate surface area is 113 Å². The van der Waals surface area contributed by atoms with E-state index in [1.807, 2.05) is 0 Å². The van der Waals surface area contributed by atoms with Gasteiger partial charge in [-0.3, -0.25) is 4.98 Å². The molecule has 1 aliphatic rings. The van der Waals surface area contributed by atoms with Crippen LogP contribution in [0.25, 0.3) is 11.0 Å². The fourth-order valence-corrected chi connectivity index (χ4v) is 2.41. The fraction of sp³-hybridized carbons (Fsp3) is 0.455. The number of ether oxygens (including phenoxy) is 1. The Bertz CT molecular complexity index is 606. The third-order valence-electron chi connectivity index (χ3n) is 3.24. The summed E-state index contributed by atoms with van der Waals surface area (Å²) in [7, 11) is 0. The zero-order chi connectivity index (χ0) is 13.6. The number of rotatable bonds is 2. The lowest BCUT2D eigenvalue weighted by Gasteiger charge is -2.21. The summed E-state index contributed by atoms with van der Waals surface area (Å²) in [6.07, 6.45) is 1.03. The number of imidazole rings is 1. The van der Waals surface area contributed by atoms with Crippen molar-refractivity contribution in [1.29, 1.82) is 0 Å². The SMILES string of the molecule is OC[C@@]1(Cl)O[C@@H](n2cnc3cnccc32)[C@H](O)[C@@H]1O. The quantitative estimate of drug-likeness (QED) is 0.650. The summed E-state index contributed by atoms with van der Waals surface area (Å²) in [5, 5.41) is 27.3. The monoisotopic (exact) mass is 285 g/mol. The molecule has 8 heteroatoms. The topological polar surface area (TPSA) is 101 Å². The van der Waals surface area contributed by atoms with Crippen LogP contribution in [0.2, 0.25) is 0 Å². The second kappa shape index (κ2) is 4.39. The Morgan fingerprint density at radius 3 is 2.95 bits per heavy atom. The van der Waals surface area contributed by atoms with Gasteiger partial charge >= 0.3 is 0 Å². The molecule has 2 aromatic heterocycles. The van der Waals surface area contributed by atoms with Gasteiger partial charge in [0.05, 0.1) is 24.6 Å². The highest BCUT2D eigenvalue weighted by Crippen LogP contribution is 2.40. The average molecular weight is 286 g/mol. The van der Waals surface area contributed by atoms with Gasteiger partial charge in [-0.25, -0.2) is 4.98 Å². The third kappa shape index (κ3) is 1.82. The molecule has 0 radical (unpaired) electrons. The average Bonchev–Trinajstić information content (AvgIpc) is 2.95. The first-order chi connectivity index (χ1) is 9.07. The predicted octanol–water partition coefficient (Wildman–Crippen LogP) is -0.391. The van der Waals surface area contributed by atoms with Gasteiger partial charge < -0.3 is 24.6 Å². The number of hydrogen-bond acceptors (Lipinski definition) is 6. The molecule has 19 heavy (non-hydrogen) atoms. The van der Waals surface area contributed by atoms with Gasteiger partial charge in [-0.1, -0.05) is 11.6 Å². The fourth-order valence-electron chi connectivity index (χ4n) is 2.19. The summed E-state index contributed by atoms with van der Waals surface area (Å²) in [5.74, 6) is 0. The number of nitrogens with zero attached hydrogens (tertiary/aromatic N) is 3. The molecule has 0 saturated carbocycles. The summed E-state index contributed by atoms with van der Waals surface area (Å²) in [4.78, 5) is 8.06. The maximum Gasteiger partial charge on any atom is 0.195 e. The highest BCUT2D eigenvalue weighted by molar-refractivity contribution is 6.23. The van der Waals surface area contributed by atoms with E-state index in [1.54, 1.807) is 23.0 Å². The predicted molar refractivity (Wildman–Crippen MR) is 65.3 cm³/mol. The van der Waals surface area contributed by atoms with Crippen LogP contribution in [0.4, 0.5) is 0 Å². The molecule has 1 saturated heterocycles. The Morgan fingerprint density at radius 1 is 1.47 bits per heavy atom. The van der Waals surface area contributed by atoms with E-state index in [2.05, 4.69) is 9.97 Å². The number of hydrogen-bond donors (Lipinski definition) is 3. The number of aliphatic hydroxyl groups is 3. The number of fused-ring (bicyclic) bond motifs is 1. The van der Waals surface area contributed by atoms with Crippen LogP contribution in [0.1, 0.15) is 6.23 Å². The lowest BCUT2D eigenvalue weighted by atomic mass is 10.1. The molecule has 0 spiro atoms. The van der Waals surface area contributed by atoms with E-state index in [0.29, 0.717) is 11.0 Å². The maximum atomic E-state index is 10.0. The van der Waals surface area contributed by atoms with Crippen LogP contribution < -0.4 is 0 Å². The van der Waals surface area contributed by atoms with Crippen molar-refractivity contribution in [2.75, 3.05) is 6.61 Å². The van der Waals surface area contributed by atoms with E-state index in [4.69, 9.17) is 16.3 Å². The molecule has 1 fully saturated rings. The summed E-state index contributed by atoms with van der Waals surface area (Å²) in [5.41, 5.74) is 1.31. The summed E-state index contributed by atoms with van der Waals surface area (Å²) in [6.45, 7) is -0.614. The van der Waals surface area contributed by atoms with Crippen LogP contribution in [0.15, 0.2) is 24.8 Å². The van der Waals surface area contributed by atoms with Gasteiger partial charge in [-0.15, -0.1) is 0 Å². The van der Waals surface area contributed by atoms with Crippen molar-refractivity contribution in [1.82, 2.24) is 14.5 Å². The van der Waals surface area contributed by atoms with Crippen molar-refractivity contribution in [2.24, 2.45) is 0 Å². The van der Waals surface area contributed by atoms with Crippen molar-refractivity contribution in [2.45, 2.75) is 23.5 Å². The third-order valence-corrected chi connectivity index (χ3v) is 3.67. The molecule has 3 heterocycles. The van der Waals surface area contributed by atoms with Crippen LogP contribution in [0.5, 0.6) is 0 Å². The normalized spacial score (nSPS) is 35.1. The zero-order valence-corrected chi connectivity index (χ0v) is 10.5. The largest absolute Gasteiger partial charge is 0.392 e. The van der Waals surface area contributed by atoms with Crippen molar-refractivity contribution in [3.63, 3.8) is 0 Å². The maximum absolute atomic E-state index is 10.0. The molecule has 1 aliphatic heterocycles. The highest BCUT2D eigenvalue weighted by atomic mass is 35.5. The molecule has 0 bridgehead atoms. The lowest BCUT2D eigenvalue weighted by molar-refractivity contribution is -0.0755. The van der Waals surface area contributed by atoms with E-state index in [9.17, 15) is 15.3 Å². The van der Waals surface area contributed by atoms with Crippen molar-refractivity contribution in [3.05, 3.63) is 24.8 Å². The van der Waals surface area contributed by atoms with E-state index >= 15 is 0 Å². The van der Waals surface area contributed by atoms with Gasteiger partial charge in [0.2, 0.25) is 0 Å². The minimum Gasteiger partial charge on any atom is -0.392 e. The van der Waals surface area contributed by atoms with Gasteiger partial charge in [0.25, 0.3) is 0 Å². The van der Waals surface area contributed by atoms with Gasteiger partial charge in [-0.2, -0.15) is 0 Å². The van der Waals surface area contributed by atoms with Crippen LogP contribution in [-0.2, 0) is 4.74 Å². The molecule has 0 aromatic carbocycles. The number of aliphatic hydroxyl groups excluding tert-OH is 3. The minimum absolute atomic E-state index is 0.614. The number of alkyl halides is 1. The molecule has 7 nitrogen and oxygen atoms in total. The summed E-state index contributed by atoms with van der Waals surface area (Å²) in [6, 6.07) is 1.71. The van der Waals surface area contributed by atoms with Crippen molar-refractivity contribution < 1.29 is 20.1 Å². The summed E-state index contributed by atoms with van der Waals surface area (Å²) < 4.78 is 6.94. The Morgan fingerprint density at radius 2 is 2.26 bits per heavy atom. The number of pyridine rings is 1. The molecule has 0 amide bonds. The van der Waals surface area contributed by atoms with Gasteiger partial charge in [0.1, 0.15) is 17.7 Å². The van der Waals surface area contributed by atoms with Gasteiger partial charge in [0, 0.05) is 6.20 Å². The minimum atomic E-state index is -1.71. The van der Waals surface area contributed by atoms with E-state index in [-0.39, 0.29) is 0 Å². The molecule has 4 atom stereocenters. The van der Waals surface area contributed by atoms with Gasteiger partial charge in [-0.05, 0) is 6.07 Å². The lowest BCUT2D eigenvalue weighted by Crippen LogP contribution is -2.41. The standard InChI is InChI=1S/C11H12ClN3O4/c12-11(4-16)9(18)8(17)10(19-11)15-5-14-6-3-13-2-1-7(6)15/h1-3,5,8-10,16-18H,4H2/t8-,9+,10-,11-/m1/s1. The number of aromatic nitrogens is 3. The van der Waals surface area contributed by atoms with E-state index in [0.717, 1.165) is 0 Å². The first kappa shape index (κ1) is 12.8. The molecule has 0 aliphatic carbocycles. The van der Waals surface area contributed by atoms with E-state index < -0.39 is 30.1 Å².